The van der Waals surface area contributed by atoms with Gasteiger partial charge in [-0.25, -0.2) is 0 Å². The lowest BCUT2D eigenvalue weighted by Gasteiger charge is -2.28. The molecule has 0 saturated carbocycles. The van der Waals surface area contributed by atoms with Crippen molar-refractivity contribution < 1.29 is 4.74 Å². The van der Waals surface area contributed by atoms with Gasteiger partial charge in [0, 0.05) is 11.9 Å². The molecular formula is C13H18OS. The fourth-order valence-corrected chi connectivity index (χ4v) is 2.30. The van der Waals surface area contributed by atoms with E-state index in [4.69, 9.17) is 4.74 Å². The van der Waals surface area contributed by atoms with Crippen molar-refractivity contribution in [2.75, 3.05) is 13.2 Å². The van der Waals surface area contributed by atoms with Gasteiger partial charge in [-0.3, -0.25) is 0 Å². The van der Waals surface area contributed by atoms with Crippen LogP contribution in [0.3, 0.4) is 0 Å². The van der Waals surface area contributed by atoms with Gasteiger partial charge in [-0.1, -0.05) is 29.8 Å². The van der Waals surface area contributed by atoms with Gasteiger partial charge in [0.25, 0.3) is 0 Å². The highest BCUT2D eigenvalue weighted by molar-refractivity contribution is 7.81. The molecule has 0 aromatic heterocycles. The first-order valence-corrected chi connectivity index (χ1v) is 6.08. The molecule has 0 radical (unpaired) electrons. The second-order valence-electron chi connectivity index (χ2n) is 4.38. The number of benzene rings is 1. The van der Waals surface area contributed by atoms with Crippen molar-refractivity contribution in [1.29, 1.82) is 0 Å². The van der Waals surface area contributed by atoms with Crippen LogP contribution in [0.5, 0.6) is 0 Å². The number of hydrogen-bond donors (Lipinski definition) is 1. The van der Waals surface area contributed by atoms with Crippen LogP contribution in [0, 0.1) is 12.8 Å². The molecule has 0 N–H and O–H groups in total. The lowest BCUT2D eigenvalue weighted by molar-refractivity contribution is 0.0596. The third-order valence-electron chi connectivity index (χ3n) is 3.05. The van der Waals surface area contributed by atoms with Crippen LogP contribution >= 0.6 is 12.6 Å². The van der Waals surface area contributed by atoms with Gasteiger partial charge in [0.2, 0.25) is 0 Å². The average molecular weight is 222 g/mol. The molecule has 15 heavy (non-hydrogen) atoms. The molecule has 2 atom stereocenters. The summed E-state index contributed by atoms with van der Waals surface area (Å²) in [5.74, 6) is 0.574. The van der Waals surface area contributed by atoms with Crippen LogP contribution < -0.4 is 0 Å². The van der Waals surface area contributed by atoms with Gasteiger partial charge in [0.15, 0.2) is 0 Å². The standard InChI is InChI=1S/C13H18OS/c1-10-2-4-11(5-3-10)8-12-9-14-7-6-13(12)15/h2-5,12-13,15H,6-9H2,1H3/t12-,13+/m0/s1. The van der Waals surface area contributed by atoms with Crippen LogP contribution in [-0.4, -0.2) is 18.5 Å². The van der Waals surface area contributed by atoms with Gasteiger partial charge >= 0.3 is 0 Å². The molecule has 82 valence electrons. The first kappa shape index (κ1) is 11.0. The zero-order chi connectivity index (χ0) is 10.7. The van der Waals surface area contributed by atoms with Crippen molar-refractivity contribution in [3.63, 3.8) is 0 Å². The highest BCUT2D eigenvalue weighted by Gasteiger charge is 2.22. The Morgan fingerprint density at radius 1 is 1.33 bits per heavy atom. The Labute approximate surface area is 97.2 Å². The van der Waals surface area contributed by atoms with E-state index in [0.717, 1.165) is 26.1 Å². The van der Waals surface area contributed by atoms with Crippen LogP contribution in [0.15, 0.2) is 24.3 Å². The van der Waals surface area contributed by atoms with Crippen molar-refractivity contribution in [2.45, 2.75) is 25.0 Å². The predicted molar refractivity (Wildman–Crippen MR) is 66.6 cm³/mol. The number of rotatable bonds is 2. The zero-order valence-electron chi connectivity index (χ0n) is 9.15. The normalized spacial score (nSPS) is 26.5. The van der Waals surface area contributed by atoms with Gasteiger partial charge in [-0.15, -0.1) is 0 Å². The molecule has 0 unspecified atom stereocenters. The van der Waals surface area contributed by atoms with Crippen molar-refractivity contribution in [2.24, 2.45) is 5.92 Å². The molecule has 0 amide bonds. The quantitative estimate of drug-likeness (QED) is 0.757. The summed E-state index contributed by atoms with van der Waals surface area (Å²) >= 11 is 4.63. The van der Waals surface area contributed by atoms with E-state index in [1.807, 2.05) is 0 Å². The Morgan fingerprint density at radius 2 is 2.07 bits per heavy atom. The van der Waals surface area contributed by atoms with Crippen LogP contribution in [0.4, 0.5) is 0 Å². The molecule has 1 aromatic rings. The van der Waals surface area contributed by atoms with Crippen molar-refractivity contribution >= 4 is 12.6 Å². The SMILES string of the molecule is Cc1ccc(C[C@H]2COCC[C@H]2S)cc1. The largest absolute Gasteiger partial charge is 0.381 e. The van der Waals surface area contributed by atoms with Crippen molar-refractivity contribution in [1.82, 2.24) is 0 Å². The Hall–Kier alpha value is -0.470. The van der Waals surface area contributed by atoms with E-state index < -0.39 is 0 Å². The highest BCUT2D eigenvalue weighted by atomic mass is 32.1. The third-order valence-corrected chi connectivity index (χ3v) is 3.73. The van der Waals surface area contributed by atoms with Gasteiger partial charge in [0.1, 0.15) is 0 Å². The lowest BCUT2D eigenvalue weighted by Crippen LogP contribution is -2.29. The Bertz CT molecular complexity index is 307. The Morgan fingerprint density at radius 3 is 2.73 bits per heavy atom. The van der Waals surface area contributed by atoms with Gasteiger partial charge in [0.05, 0.1) is 6.61 Å². The van der Waals surface area contributed by atoms with E-state index in [9.17, 15) is 0 Å². The summed E-state index contributed by atoms with van der Waals surface area (Å²) in [6, 6.07) is 8.77. The Kier molecular flexibility index (Phi) is 3.71. The summed E-state index contributed by atoms with van der Waals surface area (Å²) in [5, 5.41) is 0.500. The molecule has 0 aliphatic carbocycles. The van der Waals surface area contributed by atoms with E-state index in [1.54, 1.807) is 0 Å². The van der Waals surface area contributed by atoms with Crippen LogP contribution in [0.2, 0.25) is 0 Å². The van der Waals surface area contributed by atoms with Gasteiger partial charge < -0.3 is 4.74 Å². The summed E-state index contributed by atoms with van der Waals surface area (Å²) in [7, 11) is 0. The first-order valence-electron chi connectivity index (χ1n) is 5.57. The molecule has 2 heteroatoms. The van der Waals surface area contributed by atoms with Crippen LogP contribution in [0.25, 0.3) is 0 Å². The fraction of sp³-hybridized carbons (Fsp3) is 0.538. The molecule has 2 rings (SSSR count). The molecule has 1 saturated heterocycles. The third kappa shape index (κ3) is 2.99. The molecule has 0 bridgehead atoms. The average Bonchev–Trinajstić information content (AvgIpc) is 2.25. The minimum Gasteiger partial charge on any atom is -0.381 e. The summed E-state index contributed by atoms with van der Waals surface area (Å²) in [5.41, 5.74) is 2.72. The molecule has 1 heterocycles. The molecule has 1 nitrogen and oxygen atoms in total. The van der Waals surface area contributed by atoms with Crippen LogP contribution in [-0.2, 0) is 11.2 Å². The Balaban J connectivity index is 1.98. The number of hydrogen-bond acceptors (Lipinski definition) is 2. The maximum absolute atomic E-state index is 5.50. The summed E-state index contributed by atoms with van der Waals surface area (Å²) < 4.78 is 5.50. The summed E-state index contributed by atoms with van der Waals surface area (Å²) in [4.78, 5) is 0. The number of ether oxygens (including phenoxy) is 1. The first-order chi connectivity index (χ1) is 7.25. The monoisotopic (exact) mass is 222 g/mol. The topological polar surface area (TPSA) is 9.23 Å². The summed E-state index contributed by atoms with van der Waals surface area (Å²) in [6.45, 7) is 3.86. The van der Waals surface area contributed by atoms with E-state index in [1.165, 1.54) is 11.1 Å². The summed E-state index contributed by atoms with van der Waals surface area (Å²) in [6.07, 6.45) is 2.17. The smallest absolute Gasteiger partial charge is 0.0507 e. The van der Waals surface area contributed by atoms with Gasteiger partial charge in [-0.05, 0) is 31.2 Å². The van der Waals surface area contributed by atoms with Gasteiger partial charge in [-0.2, -0.15) is 12.6 Å². The number of aryl methyl sites for hydroxylation is 1. The maximum atomic E-state index is 5.50. The fourth-order valence-electron chi connectivity index (χ4n) is 2.01. The highest BCUT2D eigenvalue weighted by Crippen LogP contribution is 2.23. The minimum atomic E-state index is 0.500. The van der Waals surface area contributed by atoms with Crippen LogP contribution in [0.1, 0.15) is 17.5 Å². The van der Waals surface area contributed by atoms with E-state index in [2.05, 4.69) is 43.8 Å². The lowest BCUT2D eigenvalue weighted by atomic mass is 9.93. The zero-order valence-corrected chi connectivity index (χ0v) is 10.0. The molecule has 1 fully saturated rings. The van der Waals surface area contributed by atoms with E-state index in [0.29, 0.717) is 11.2 Å². The molecule has 1 aromatic carbocycles. The van der Waals surface area contributed by atoms with Crippen molar-refractivity contribution in [3.8, 4) is 0 Å². The second kappa shape index (κ2) is 5.04. The minimum absolute atomic E-state index is 0.500. The predicted octanol–water partition coefficient (Wildman–Crippen LogP) is 2.87. The molecule has 1 aliphatic rings. The molecule has 1 aliphatic heterocycles. The number of thiol groups is 1. The second-order valence-corrected chi connectivity index (χ2v) is 5.04. The maximum Gasteiger partial charge on any atom is 0.0507 e. The van der Waals surface area contributed by atoms with E-state index in [-0.39, 0.29) is 0 Å². The molecule has 0 spiro atoms. The van der Waals surface area contributed by atoms with Crippen molar-refractivity contribution in [3.05, 3.63) is 35.4 Å². The van der Waals surface area contributed by atoms with E-state index >= 15 is 0 Å². The molecular weight excluding hydrogens is 204 g/mol.